The van der Waals surface area contributed by atoms with Gasteiger partial charge in [0.15, 0.2) is 5.65 Å². The standard InChI is InChI=1S/C10H15N5O2/c1-2-17-14(5-6-16)8-7-13-15-9(11)3-4-12-10(8)15/h3-4,7,16H,2,5-6,11H2,1H3. The van der Waals surface area contributed by atoms with Crippen molar-refractivity contribution in [2.75, 3.05) is 30.6 Å². The van der Waals surface area contributed by atoms with E-state index in [0.29, 0.717) is 30.3 Å². The van der Waals surface area contributed by atoms with Crippen molar-refractivity contribution >= 4 is 17.2 Å². The summed E-state index contributed by atoms with van der Waals surface area (Å²) >= 11 is 0. The molecule has 0 aliphatic carbocycles. The fourth-order valence-electron chi connectivity index (χ4n) is 1.58. The van der Waals surface area contributed by atoms with Crippen LogP contribution >= 0.6 is 0 Å². The molecule has 92 valence electrons. The highest BCUT2D eigenvalue weighted by Gasteiger charge is 2.14. The topological polar surface area (TPSA) is 88.9 Å². The summed E-state index contributed by atoms with van der Waals surface area (Å²) in [5.41, 5.74) is 7.06. The minimum atomic E-state index is -0.0142. The molecule has 0 spiro atoms. The van der Waals surface area contributed by atoms with E-state index in [1.807, 2.05) is 6.92 Å². The van der Waals surface area contributed by atoms with Gasteiger partial charge < -0.3 is 10.8 Å². The van der Waals surface area contributed by atoms with Gasteiger partial charge >= 0.3 is 0 Å². The van der Waals surface area contributed by atoms with E-state index >= 15 is 0 Å². The lowest BCUT2D eigenvalue weighted by atomic mass is 10.4. The van der Waals surface area contributed by atoms with E-state index in [1.165, 1.54) is 4.52 Å². The van der Waals surface area contributed by atoms with Crippen LogP contribution in [0.4, 0.5) is 11.5 Å². The van der Waals surface area contributed by atoms with Gasteiger partial charge in [-0.15, -0.1) is 0 Å². The average Bonchev–Trinajstić information content (AvgIpc) is 2.74. The van der Waals surface area contributed by atoms with Crippen LogP contribution < -0.4 is 10.8 Å². The van der Waals surface area contributed by atoms with Crippen molar-refractivity contribution in [3.05, 3.63) is 18.5 Å². The minimum absolute atomic E-state index is 0.0142. The largest absolute Gasteiger partial charge is 0.394 e. The third-order valence-corrected chi connectivity index (χ3v) is 2.27. The van der Waals surface area contributed by atoms with E-state index in [9.17, 15) is 0 Å². The Bertz CT molecular complexity index is 492. The van der Waals surface area contributed by atoms with E-state index in [1.54, 1.807) is 23.5 Å². The molecule has 0 bridgehead atoms. The van der Waals surface area contributed by atoms with Crippen molar-refractivity contribution in [3.8, 4) is 0 Å². The molecule has 2 rings (SSSR count). The Morgan fingerprint density at radius 2 is 2.41 bits per heavy atom. The Labute approximate surface area is 98.4 Å². The maximum atomic E-state index is 8.99. The first-order chi connectivity index (χ1) is 8.27. The predicted octanol–water partition coefficient (Wildman–Crippen LogP) is 0.0617. The van der Waals surface area contributed by atoms with E-state index in [4.69, 9.17) is 15.7 Å². The second kappa shape index (κ2) is 4.98. The number of rotatable bonds is 5. The van der Waals surface area contributed by atoms with Gasteiger partial charge in [0.2, 0.25) is 0 Å². The molecule has 17 heavy (non-hydrogen) atoms. The van der Waals surface area contributed by atoms with Gasteiger partial charge in [0.1, 0.15) is 11.5 Å². The Morgan fingerprint density at radius 1 is 1.59 bits per heavy atom. The predicted molar refractivity (Wildman–Crippen MR) is 63.5 cm³/mol. The zero-order valence-corrected chi connectivity index (χ0v) is 9.58. The molecule has 0 aromatic carbocycles. The van der Waals surface area contributed by atoms with E-state index in [0.717, 1.165) is 0 Å². The molecule has 0 radical (unpaired) electrons. The lowest BCUT2D eigenvalue weighted by Gasteiger charge is -2.20. The smallest absolute Gasteiger partial charge is 0.183 e. The molecule has 0 atom stereocenters. The van der Waals surface area contributed by atoms with Crippen molar-refractivity contribution in [2.24, 2.45) is 0 Å². The number of aromatic nitrogens is 3. The third kappa shape index (κ3) is 2.15. The molecule has 0 amide bonds. The van der Waals surface area contributed by atoms with Crippen LogP contribution in [0.2, 0.25) is 0 Å². The highest BCUT2D eigenvalue weighted by Crippen LogP contribution is 2.21. The normalized spacial score (nSPS) is 10.9. The Hall–Kier alpha value is -1.86. The molecule has 0 saturated carbocycles. The molecule has 0 aliphatic rings. The molecule has 0 aliphatic heterocycles. The van der Waals surface area contributed by atoms with E-state index < -0.39 is 0 Å². The van der Waals surface area contributed by atoms with Gasteiger partial charge in [0, 0.05) is 6.20 Å². The van der Waals surface area contributed by atoms with Gasteiger partial charge in [-0.25, -0.2) is 10.0 Å². The van der Waals surface area contributed by atoms with Crippen molar-refractivity contribution in [1.82, 2.24) is 14.6 Å². The average molecular weight is 237 g/mol. The van der Waals surface area contributed by atoms with Crippen LogP contribution in [0.25, 0.3) is 5.65 Å². The molecule has 7 nitrogen and oxygen atoms in total. The molecule has 7 heteroatoms. The second-order valence-electron chi connectivity index (χ2n) is 3.38. The van der Waals surface area contributed by atoms with Gasteiger partial charge in [-0.2, -0.15) is 9.61 Å². The third-order valence-electron chi connectivity index (χ3n) is 2.27. The SMILES string of the molecule is CCON(CCO)c1cnn2c(N)ccnc12. The number of fused-ring (bicyclic) bond motifs is 1. The van der Waals surface area contributed by atoms with Gasteiger partial charge in [0.25, 0.3) is 0 Å². The quantitative estimate of drug-likeness (QED) is 0.715. The molecule has 2 aromatic heterocycles. The summed E-state index contributed by atoms with van der Waals surface area (Å²) in [7, 11) is 0. The highest BCUT2D eigenvalue weighted by molar-refractivity contribution is 5.68. The lowest BCUT2D eigenvalue weighted by molar-refractivity contribution is 0.108. The number of hydrogen-bond acceptors (Lipinski definition) is 6. The van der Waals surface area contributed by atoms with Crippen LogP contribution in [0.15, 0.2) is 18.5 Å². The minimum Gasteiger partial charge on any atom is -0.394 e. The maximum Gasteiger partial charge on any atom is 0.183 e. The zero-order valence-electron chi connectivity index (χ0n) is 9.58. The molecule has 0 saturated heterocycles. The van der Waals surface area contributed by atoms with Crippen LogP contribution in [0.3, 0.4) is 0 Å². The summed E-state index contributed by atoms with van der Waals surface area (Å²) in [6.45, 7) is 2.71. The van der Waals surface area contributed by atoms with Gasteiger partial charge in [-0.3, -0.25) is 4.84 Å². The molecular formula is C10H15N5O2. The van der Waals surface area contributed by atoms with Crippen LogP contribution in [-0.4, -0.2) is 39.5 Å². The highest BCUT2D eigenvalue weighted by atomic mass is 16.7. The molecule has 0 fully saturated rings. The number of nitrogens with two attached hydrogens (primary N) is 1. The summed E-state index contributed by atoms with van der Waals surface area (Å²) in [5.74, 6) is 0.502. The van der Waals surface area contributed by atoms with Crippen LogP contribution in [-0.2, 0) is 4.84 Å². The fourth-order valence-corrected chi connectivity index (χ4v) is 1.58. The van der Waals surface area contributed by atoms with E-state index in [2.05, 4.69) is 10.1 Å². The second-order valence-corrected chi connectivity index (χ2v) is 3.38. The van der Waals surface area contributed by atoms with Gasteiger partial charge in [0.05, 0.1) is 26.0 Å². The number of hydrogen-bond donors (Lipinski definition) is 2. The monoisotopic (exact) mass is 237 g/mol. The summed E-state index contributed by atoms with van der Waals surface area (Å²) in [6, 6.07) is 1.67. The number of anilines is 2. The number of aliphatic hydroxyl groups is 1. The van der Waals surface area contributed by atoms with Crippen LogP contribution in [0.1, 0.15) is 6.92 Å². The van der Waals surface area contributed by atoms with Crippen molar-refractivity contribution in [1.29, 1.82) is 0 Å². The summed E-state index contributed by atoms with van der Waals surface area (Å²) in [4.78, 5) is 9.62. The first-order valence-corrected chi connectivity index (χ1v) is 5.37. The number of nitrogens with zero attached hydrogens (tertiary/aromatic N) is 4. The Morgan fingerprint density at radius 3 is 3.12 bits per heavy atom. The molecule has 2 heterocycles. The van der Waals surface area contributed by atoms with E-state index in [-0.39, 0.29) is 6.61 Å². The van der Waals surface area contributed by atoms with Crippen LogP contribution in [0.5, 0.6) is 0 Å². The number of aliphatic hydroxyl groups excluding tert-OH is 1. The lowest BCUT2D eigenvalue weighted by Crippen LogP contribution is -2.26. The zero-order chi connectivity index (χ0) is 12.3. The molecule has 0 unspecified atom stereocenters. The number of hydroxylamine groups is 1. The van der Waals surface area contributed by atoms with Crippen molar-refractivity contribution in [2.45, 2.75) is 6.92 Å². The first kappa shape index (κ1) is 11.6. The van der Waals surface area contributed by atoms with Crippen molar-refractivity contribution in [3.63, 3.8) is 0 Å². The first-order valence-electron chi connectivity index (χ1n) is 5.37. The fraction of sp³-hybridized carbons (Fsp3) is 0.400. The van der Waals surface area contributed by atoms with Crippen molar-refractivity contribution < 1.29 is 9.94 Å². The Balaban J connectivity index is 2.42. The molecule has 3 N–H and O–H groups in total. The Kier molecular flexibility index (Phi) is 3.40. The maximum absolute atomic E-state index is 8.99. The summed E-state index contributed by atoms with van der Waals surface area (Å²) < 4.78 is 1.53. The summed E-state index contributed by atoms with van der Waals surface area (Å²) in [6.07, 6.45) is 3.23. The van der Waals surface area contributed by atoms with Gasteiger partial charge in [-0.05, 0) is 13.0 Å². The molecular weight excluding hydrogens is 222 g/mol. The number of nitrogen functional groups attached to an aromatic ring is 1. The van der Waals surface area contributed by atoms with Crippen LogP contribution in [0, 0.1) is 0 Å². The summed E-state index contributed by atoms with van der Waals surface area (Å²) in [5, 5.41) is 14.7. The van der Waals surface area contributed by atoms with Gasteiger partial charge in [-0.1, -0.05) is 0 Å². The molecule has 2 aromatic rings.